The predicted octanol–water partition coefficient (Wildman–Crippen LogP) is 2.53. The molecule has 0 aliphatic rings. The van der Waals surface area contributed by atoms with E-state index in [2.05, 4.69) is 10.1 Å². The maximum atomic E-state index is 9.00. The SMILES string of the molecule is N#C/C(=N\OCc1ccccc1)c1ccncc1. The molecule has 0 spiro atoms. The van der Waals surface area contributed by atoms with Crippen molar-refractivity contribution in [2.24, 2.45) is 5.16 Å². The van der Waals surface area contributed by atoms with Gasteiger partial charge in [0.1, 0.15) is 12.7 Å². The van der Waals surface area contributed by atoms with E-state index >= 15 is 0 Å². The first-order chi connectivity index (χ1) is 8.90. The molecule has 2 rings (SSSR count). The van der Waals surface area contributed by atoms with Crippen molar-refractivity contribution >= 4 is 5.71 Å². The monoisotopic (exact) mass is 237 g/mol. The standard InChI is InChI=1S/C14H11N3O/c15-10-14(13-6-8-16-9-7-13)17-18-11-12-4-2-1-3-5-12/h1-9H,11H2/b17-14+. The van der Waals surface area contributed by atoms with Crippen LogP contribution in [-0.4, -0.2) is 10.7 Å². The second-order valence-corrected chi connectivity index (χ2v) is 3.55. The molecule has 88 valence electrons. The Morgan fingerprint density at radius 2 is 1.89 bits per heavy atom. The van der Waals surface area contributed by atoms with Gasteiger partial charge in [-0.05, 0) is 17.7 Å². The fourth-order valence-corrected chi connectivity index (χ4v) is 1.39. The molecule has 0 aliphatic carbocycles. The van der Waals surface area contributed by atoms with Crippen LogP contribution in [0.4, 0.5) is 0 Å². The summed E-state index contributed by atoms with van der Waals surface area (Å²) in [5.41, 5.74) is 1.95. The lowest BCUT2D eigenvalue weighted by Crippen LogP contribution is -1.99. The van der Waals surface area contributed by atoms with Gasteiger partial charge in [0.2, 0.25) is 0 Å². The van der Waals surface area contributed by atoms with Crippen molar-refractivity contribution in [1.82, 2.24) is 4.98 Å². The van der Waals surface area contributed by atoms with Gasteiger partial charge >= 0.3 is 0 Å². The van der Waals surface area contributed by atoms with Crippen LogP contribution in [0.2, 0.25) is 0 Å². The zero-order valence-electron chi connectivity index (χ0n) is 9.65. The molecule has 0 amide bonds. The zero-order chi connectivity index (χ0) is 12.6. The minimum Gasteiger partial charge on any atom is -0.390 e. The van der Waals surface area contributed by atoms with Gasteiger partial charge < -0.3 is 4.84 Å². The second-order valence-electron chi connectivity index (χ2n) is 3.55. The Labute approximate surface area is 105 Å². The predicted molar refractivity (Wildman–Crippen MR) is 67.6 cm³/mol. The molecule has 0 aliphatic heterocycles. The molecule has 0 saturated heterocycles. The topological polar surface area (TPSA) is 58.3 Å². The molecule has 1 aromatic heterocycles. The van der Waals surface area contributed by atoms with Crippen LogP contribution < -0.4 is 0 Å². The lowest BCUT2D eigenvalue weighted by Gasteiger charge is -2.00. The molecule has 2 aromatic rings. The van der Waals surface area contributed by atoms with Gasteiger partial charge in [0, 0.05) is 18.0 Å². The minimum atomic E-state index is 0.244. The average molecular weight is 237 g/mol. The number of benzene rings is 1. The molecule has 4 heteroatoms. The first-order valence-corrected chi connectivity index (χ1v) is 5.44. The highest BCUT2D eigenvalue weighted by molar-refractivity contribution is 6.11. The summed E-state index contributed by atoms with van der Waals surface area (Å²) in [5.74, 6) is 0. The molecule has 1 heterocycles. The van der Waals surface area contributed by atoms with E-state index in [0.29, 0.717) is 12.2 Å². The van der Waals surface area contributed by atoms with Crippen LogP contribution in [0.3, 0.4) is 0 Å². The van der Waals surface area contributed by atoms with Crippen LogP contribution in [0.5, 0.6) is 0 Å². The number of hydrogen-bond acceptors (Lipinski definition) is 4. The van der Waals surface area contributed by atoms with Crippen LogP contribution in [0.25, 0.3) is 0 Å². The lowest BCUT2D eigenvalue weighted by atomic mass is 10.2. The van der Waals surface area contributed by atoms with Gasteiger partial charge in [0.15, 0.2) is 5.71 Å². The molecule has 0 saturated carbocycles. The number of pyridine rings is 1. The summed E-state index contributed by atoms with van der Waals surface area (Å²) in [4.78, 5) is 9.06. The molecule has 0 bridgehead atoms. The minimum absolute atomic E-state index is 0.244. The van der Waals surface area contributed by atoms with E-state index in [1.54, 1.807) is 24.5 Å². The molecule has 4 nitrogen and oxygen atoms in total. The Kier molecular flexibility index (Phi) is 4.04. The Balaban J connectivity index is 2.02. The largest absolute Gasteiger partial charge is 0.390 e. The van der Waals surface area contributed by atoms with E-state index in [0.717, 1.165) is 5.56 Å². The summed E-state index contributed by atoms with van der Waals surface area (Å²) in [5, 5.41) is 12.8. The fourth-order valence-electron chi connectivity index (χ4n) is 1.39. The molecule has 0 unspecified atom stereocenters. The number of nitriles is 1. The van der Waals surface area contributed by atoms with E-state index in [4.69, 9.17) is 10.1 Å². The lowest BCUT2D eigenvalue weighted by molar-refractivity contribution is 0.131. The van der Waals surface area contributed by atoms with Crippen LogP contribution in [0, 0.1) is 11.3 Å². The van der Waals surface area contributed by atoms with E-state index < -0.39 is 0 Å². The molecule has 1 aromatic carbocycles. The second kappa shape index (κ2) is 6.16. The van der Waals surface area contributed by atoms with Crippen LogP contribution in [0.15, 0.2) is 60.0 Å². The highest BCUT2D eigenvalue weighted by atomic mass is 16.6. The number of rotatable bonds is 4. The molecule has 0 fully saturated rings. The maximum Gasteiger partial charge on any atom is 0.187 e. The molecule has 0 radical (unpaired) electrons. The van der Waals surface area contributed by atoms with Crippen molar-refractivity contribution in [3.05, 3.63) is 66.0 Å². The summed E-state index contributed by atoms with van der Waals surface area (Å²) in [6.07, 6.45) is 3.22. The summed E-state index contributed by atoms with van der Waals surface area (Å²) in [6, 6.07) is 15.1. The van der Waals surface area contributed by atoms with Gasteiger partial charge in [-0.1, -0.05) is 35.5 Å². The quantitative estimate of drug-likeness (QED) is 0.606. The van der Waals surface area contributed by atoms with Crippen molar-refractivity contribution in [2.75, 3.05) is 0 Å². The third kappa shape index (κ3) is 3.16. The first-order valence-electron chi connectivity index (χ1n) is 5.44. The van der Waals surface area contributed by atoms with Gasteiger partial charge in [0.25, 0.3) is 0 Å². The van der Waals surface area contributed by atoms with Crippen molar-refractivity contribution in [3.63, 3.8) is 0 Å². The van der Waals surface area contributed by atoms with E-state index in [9.17, 15) is 0 Å². The highest BCUT2D eigenvalue weighted by Crippen LogP contribution is 2.03. The average Bonchev–Trinajstić information content (AvgIpc) is 2.46. The Bertz CT molecular complexity index is 559. The molecule has 0 N–H and O–H groups in total. The van der Waals surface area contributed by atoms with Crippen LogP contribution >= 0.6 is 0 Å². The Morgan fingerprint density at radius 1 is 1.17 bits per heavy atom. The van der Waals surface area contributed by atoms with Crippen molar-refractivity contribution in [1.29, 1.82) is 5.26 Å². The number of oxime groups is 1. The summed E-state index contributed by atoms with van der Waals surface area (Å²) in [6.45, 7) is 0.344. The number of aromatic nitrogens is 1. The normalized spacial score (nSPS) is 10.7. The molecular weight excluding hydrogens is 226 g/mol. The number of nitrogens with zero attached hydrogens (tertiary/aromatic N) is 3. The number of hydrogen-bond donors (Lipinski definition) is 0. The third-order valence-corrected chi connectivity index (χ3v) is 2.29. The van der Waals surface area contributed by atoms with Crippen molar-refractivity contribution in [2.45, 2.75) is 6.61 Å². The first kappa shape index (κ1) is 11.8. The Morgan fingerprint density at radius 3 is 2.56 bits per heavy atom. The molecule has 0 atom stereocenters. The zero-order valence-corrected chi connectivity index (χ0v) is 9.65. The molecule has 18 heavy (non-hydrogen) atoms. The van der Waals surface area contributed by atoms with Crippen molar-refractivity contribution in [3.8, 4) is 6.07 Å². The van der Waals surface area contributed by atoms with E-state index in [1.807, 2.05) is 36.4 Å². The van der Waals surface area contributed by atoms with Gasteiger partial charge in [-0.2, -0.15) is 5.26 Å². The van der Waals surface area contributed by atoms with Crippen LogP contribution in [0.1, 0.15) is 11.1 Å². The van der Waals surface area contributed by atoms with Gasteiger partial charge in [0.05, 0.1) is 0 Å². The smallest absolute Gasteiger partial charge is 0.187 e. The summed E-state index contributed by atoms with van der Waals surface area (Å²) < 4.78 is 0. The summed E-state index contributed by atoms with van der Waals surface area (Å²) in [7, 11) is 0. The van der Waals surface area contributed by atoms with Crippen molar-refractivity contribution < 1.29 is 4.84 Å². The molecular formula is C14H11N3O. The van der Waals surface area contributed by atoms with Gasteiger partial charge in [-0.25, -0.2) is 0 Å². The Hall–Kier alpha value is -2.67. The fraction of sp³-hybridized carbons (Fsp3) is 0.0714. The van der Waals surface area contributed by atoms with E-state index in [-0.39, 0.29) is 5.71 Å². The van der Waals surface area contributed by atoms with Gasteiger partial charge in [-0.15, -0.1) is 0 Å². The maximum absolute atomic E-state index is 9.00. The van der Waals surface area contributed by atoms with Gasteiger partial charge in [-0.3, -0.25) is 4.98 Å². The van der Waals surface area contributed by atoms with Crippen LogP contribution in [-0.2, 0) is 11.4 Å². The summed E-state index contributed by atoms with van der Waals surface area (Å²) >= 11 is 0. The van der Waals surface area contributed by atoms with E-state index in [1.165, 1.54) is 0 Å². The highest BCUT2D eigenvalue weighted by Gasteiger charge is 2.02. The third-order valence-electron chi connectivity index (χ3n) is 2.29.